The third-order valence-electron chi connectivity index (χ3n) is 3.04. The summed E-state index contributed by atoms with van der Waals surface area (Å²) in [6.45, 7) is 0. The van der Waals surface area contributed by atoms with Crippen LogP contribution in [-0.2, 0) is 0 Å². The molecule has 2 nitrogen and oxygen atoms in total. The second kappa shape index (κ2) is 4.89. The average Bonchev–Trinajstić information content (AvgIpc) is 2.89. The average molecular weight is 294 g/mol. The van der Waals surface area contributed by atoms with Gasteiger partial charge in [-0.3, -0.25) is 0 Å². The molecule has 0 spiro atoms. The van der Waals surface area contributed by atoms with E-state index in [9.17, 15) is 0 Å². The maximum atomic E-state index is 4.67. The summed E-state index contributed by atoms with van der Waals surface area (Å²) < 4.78 is 2.25. The van der Waals surface area contributed by atoms with E-state index in [1.807, 2.05) is 36.4 Å². The monoisotopic (exact) mass is 294 g/mol. The van der Waals surface area contributed by atoms with Gasteiger partial charge in [0.2, 0.25) is 0 Å². The molecule has 0 unspecified atom stereocenters. The maximum Gasteiger partial charge on any atom is 0.157 e. The molecule has 96 valence electrons. The normalized spacial score (nSPS) is 11.2. The molecule has 0 atom stereocenters. The van der Waals surface area contributed by atoms with Gasteiger partial charge in [-0.25, -0.2) is 9.97 Å². The number of pyridine rings is 1. The fourth-order valence-corrected chi connectivity index (χ4v) is 4.08. The highest BCUT2D eigenvalue weighted by Gasteiger charge is 2.06. The van der Waals surface area contributed by atoms with Crippen molar-refractivity contribution >= 4 is 44.2 Å². The number of benzene rings is 2. The van der Waals surface area contributed by atoms with Gasteiger partial charge in [0, 0.05) is 5.39 Å². The van der Waals surface area contributed by atoms with Gasteiger partial charge in [0.1, 0.15) is 5.03 Å². The van der Waals surface area contributed by atoms with Crippen LogP contribution in [0, 0.1) is 0 Å². The fourth-order valence-electron chi connectivity index (χ4n) is 2.09. The second-order valence-corrected chi connectivity index (χ2v) is 6.69. The molecule has 0 aliphatic carbocycles. The number of hydrogen-bond donors (Lipinski definition) is 0. The number of rotatable bonds is 2. The highest BCUT2D eigenvalue weighted by atomic mass is 32.2. The maximum absolute atomic E-state index is 4.67. The molecule has 2 heterocycles. The first kappa shape index (κ1) is 11.9. The quantitative estimate of drug-likeness (QED) is 0.520. The van der Waals surface area contributed by atoms with Crippen molar-refractivity contribution in [2.45, 2.75) is 9.37 Å². The van der Waals surface area contributed by atoms with Crippen LogP contribution in [0.4, 0.5) is 0 Å². The summed E-state index contributed by atoms with van der Waals surface area (Å²) in [6, 6.07) is 20.5. The Balaban J connectivity index is 1.72. The lowest BCUT2D eigenvalue weighted by molar-refractivity contribution is 1.18. The fraction of sp³-hybridized carbons (Fsp3) is 0. The summed E-state index contributed by atoms with van der Waals surface area (Å²) in [5, 5.41) is 2.16. The molecule has 4 aromatic rings. The van der Waals surface area contributed by atoms with Gasteiger partial charge in [-0.1, -0.05) is 36.4 Å². The molecule has 4 rings (SSSR count). The van der Waals surface area contributed by atoms with Gasteiger partial charge >= 0.3 is 0 Å². The van der Waals surface area contributed by atoms with Gasteiger partial charge in [0.05, 0.1) is 15.7 Å². The zero-order valence-corrected chi connectivity index (χ0v) is 12.1. The molecule has 0 N–H and O–H groups in total. The van der Waals surface area contributed by atoms with Crippen LogP contribution in [0.2, 0.25) is 0 Å². The van der Waals surface area contributed by atoms with E-state index < -0.39 is 0 Å². The van der Waals surface area contributed by atoms with Gasteiger partial charge in [0.15, 0.2) is 4.34 Å². The summed E-state index contributed by atoms with van der Waals surface area (Å²) >= 11 is 3.33. The van der Waals surface area contributed by atoms with Crippen molar-refractivity contribution in [1.82, 2.24) is 9.97 Å². The molecule has 0 fully saturated rings. The van der Waals surface area contributed by atoms with Crippen molar-refractivity contribution in [3.63, 3.8) is 0 Å². The Kier molecular flexibility index (Phi) is 2.90. The Hall–Kier alpha value is -1.91. The van der Waals surface area contributed by atoms with E-state index in [4.69, 9.17) is 0 Å². The third-order valence-corrected chi connectivity index (χ3v) is 5.07. The lowest BCUT2D eigenvalue weighted by Crippen LogP contribution is -1.81. The van der Waals surface area contributed by atoms with Crippen LogP contribution in [0.1, 0.15) is 0 Å². The van der Waals surface area contributed by atoms with E-state index in [-0.39, 0.29) is 0 Å². The first-order valence-corrected chi connectivity index (χ1v) is 7.91. The summed E-state index contributed by atoms with van der Waals surface area (Å²) in [5.74, 6) is 0. The highest BCUT2D eigenvalue weighted by Crippen LogP contribution is 2.33. The summed E-state index contributed by atoms with van der Waals surface area (Å²) in [4.78, 5) is 9.30. The van der Waals surface area contributed by atoms with Crippen LogP contribution in [0.3, 0.4) is 0 Å². The molecule has 2 aromatic heterocycles. The molecule has 4 heteroatoms. The van der Waals surface area contributed by atoms with Crippen LogP contribution in [0.15, 0.2) is 70.0 Å². The molecule has 2 aromatic carbocycles. The molecule has 0 saturated carbocycles. The predicted molar refractivity (Wildman–Crippen MR) is 85.5 cm³/mol. The minimum absolute atomic E-state index is 0.989. The van der Waals surface area contributed by atoms with Crippen LogP contribution in [0.25, 0.3) is 21.1 Å². The number of hydrogen-bond acceptors (Lipinski definition) is 4. The van der Waals surface area contributed by atoms with Crippen molar-refractivity contribution in [1.29, 1.82) is 0 Å². The van der Waals surface area contributed by atoms with Gasteiger partial charge in [-0.05, 0) is 36.0 Å². The molecule has 0 bridgehead atoms. The van der Waals surface area contributed by atoms with Crippen LogP contribution in [-0.4, -0.2) is 9.97 Å². The van der Waals surface area contributed by atoms with Crippen molar-refractivity contribution in [2.24, 2.45) is 0 Å². The third kappa shape index (κ3) is 2.17. The number of fused-ring (bicyclic) bond motifs is 2. The van der Waals surface area contributed by atoms with E-state index in [0.717, 1.165) is 20.4 Å². The minimum atomic E-state index is 0.989. The molecule has 0 aliphatic heterocycles. The topological polar surface area (TPSA) is 25.8 Å². The first-order valence-electron chi connectivity index (χ1n) is 6.28. The Morgan fingerprint density at radius 1 is 0.750 bits per heavy atom. The summed E-state index contributed by atoms with van der Waals surface area (Å²) in [5.41, 5.74) is 2.08. The van der Waals surface area contributed by atoms with E-state index >= 15 is 0 Å². The number of aromatic nitrogens is 2. The van der Waals surface area contributed by atoms with Crippen molar-refractivity contribution in [3.05, 3.63) is 60.7 Å². The lowest BCUT2D eigenvalue weighted by atomic mass is 10.2. The van der Waals surface area contributed by atoms with Crippen LogP contribution < -0.4 is 0 Å². The van der Waals surface area contributed by atoms with Crippen LogP contribution >= 0.6 is 23.1 Å². The highest BCUT2D eigenvalue weighted by molar-refractivity contribution is 8.01. The molecule has 0 aliphatic rings. The van der Waals surface area contributed by atoms with Gasteiger partial charge < -0.3 is 0 Å². The van der Waals surface area contributed by atoms with Gasteiger partial charge in [-0.2, -0.15) is 0 Å². The van der Waals surface area contributed by atoms with Gasteiger partial charge in [-0.15, -0.1) is 11.3 Å². The zero-order valence-electron chi connectivity index (χ0n) is 10.5. The molecule has 0 saturated heterocycles. The summed E-state index contributed by atoms with van der Waals surface area (Å²) in [7, 11) is 0. The zero-order chi connectivity index (χ0) is 13.4. The van der Waals surface area contributed by atoms with E-state index in [1.54, 1.807) is 23.1 Å². The predicted octanol–water partition coefficient (Wildman–Crippen LogP) is 5.00. The van der Waals surface area contributed by atoms with Crippen LogP contribution in [0.5, 0.6) is 0 Å². The molecule has 20 heavy (non-hydrogen) atoms. The summed E-state index contributed by atoms with van der Waals surface area (Å²) in [6.07, 6.45) is 0. The Labute approximate surface area is 124 Å². The minimum Gasteiger partial charge on any atom is -0.241 e. The molecular weight excluding hydrogens is 284 g/mol. The smallest absolute Gasteiger partial charge is 0.157 e. The molecule has 0 radical (unpaired) electrons. The van der Waals surface area contributed by atoms with Crippen molar-refractivity contribution < 1.29 is 0 Å². The number of thiazole rings is 1. The standard InChI is InChI=1S/C16H10N2S2/c1-2-6-12-11(5-1)9-10-15(17-12)20-16-18-13-7-3-4-8-14(13)19-16/h1-10H. The van der Waals surface area contributed by atoms with Gasteiger partial charge in [0.25, 0.3) is 0 Å². The van der Waals surface area contributed by atoms with E-state index in [0.29, 0.717) is 0 Å². The largest absolute Gasteiger partial charge is 0.241 e. The number of nitrogens with zero attached hydrogens (tertiary/aromatic N) is 2. The lowest BCUT2D eigenvalue weighted by Gasteiger charge is -2.00. The van der Waals surface area contributed by atoms with Crippen molar-refractivity contribution in [3.8, 4) is 0 Å². The van der Waals surface area contributed by atoms with E-state index in [1.165, 1.54) is 10.1 Å². The Morgan fingerprint density at radius 3 is 2.45 bits per heavy atom. The number of para-hydroxylation sites is 2. The first-order chi connectivity index (χ1) is 9.88. The molecule has 0 amide bonds. The Morgan fingerprint density at radius 2 is 1.55 bits per heavy atom. The van der Waals surface area contributed by atoms with E-state index in [2.05, 4.69) is 34.2 Å². The van der Waals surface area contributed by atoms with Crippen molar-refractivity contribution in [2.75, 3.05) is 0 Å². The second-order valence-electron chi connectivity index (χ2n) is 4.39. The molecular formula is C16H10N2S2. The Bertz CT molecular complexity index is 866. The SMILES string of the molecule is c1ccc2nc(Sc3nc4ccccc4s3)ccc2c1.